The fourth-order valence-electron chi connectivity index (χ4n) is 1.91. The first-order valence-electron chi connectivity index (χ1n) is 5.48. The molecule has 4 heteroatoms. The molecule has 82 valence electrons. The number of hydrogen-bond acceptors (Lipinski definition) is 4. The Bertz CT molecular complexity index is 494. The van der Waals surface area contributed by atoms with E-state index in [1.807, 2.05) is 12.1 Å². The van der Waals surface area contributed by atoms with Crippen LogP contribution in [0.25, 0.3) is 11.0 Å². The maximum absolute atomic E-state index is 5.32. The SMILES string of the molecule is c1cnc2nc(N3CCOCC3)ccc2c1. The van der Waals surface area contributed by atoms with Gasteiger partial charge < -0.3 is 9.64 Å². The van der Waals surface area contributed by atoms with Crippen molar-refractivity contribution < 1.29 is 4.74 Å². The minimum atomic E-state index is 0.780. The van der Waals surface area contributed by atoms with Crippen LogP contribution in [0.4, 0.5) is 5.82 Å². The molecule has 1 fully saturated rings. The Balaban J connectivity index is 1.97. The first-order chi connectivity index (χ1) is 7.93. The highest BCUT2D eigenvalue weighted by Crippen LogP contribution is 2.16. The lowest BCUT2D eigenvalue weighted by molar-refractivity contribution is 0.122. The molecule has 0 radical (unpaired) electrons. The minimum Gasteiger partial charge on any atom is -0.378 e. The van der Waals surface area contributed by atoms with Gasteiger partial charge in [0.05, 0.1) is 13.2 Å². The largest absolute Gasteiger partial charge is 0.378 e. The Morgan fingerprint density at radius 3 is 2.88 bits per heavy atom. The van der Waals surface area contributed by atoms with Gasteiger partial charge in [-0.3, -0.25) is 0 Å². The number of aromatic nitrogens is 2. The Hall–Kier alpha value is -1.68. The van der Waals surface area contributed by atoms with Gasteiger partial charge in [0.1, 0.15) is 5.82 Å². The first kappa shape index (κ1) is 9.54. The number of hydrogen-bond donors (Lipinski definition) is 0. The van der Waals surface area contributed by atoms with Crippen molar-refractivity contribution in [2.75, 3.05) is 31.2 Å². The van der Waals surface area contributed by atoms with E-state index in [9.17, 15) is 0 Å². The normalized spacial score (nSPS) is 16.6. The monoisotopic (exact) mass is 215 g/mol. The summed E-state index contributed by atoms with van der Waals surface area (Å²) in [6, 6.07) is 8.08. The van der Waals surface area contributed by atoms with Gasteiger partial charge in [0.15, 0.2) is 5.65 Å². The molecule has 0 aliphatic carbocycles. The molecule has 2 aromatic heterocycles. The van der Waals surface area contributed by atoms with Crippen LogP contribution in [-0.4, -0.2) is 36.3 Å². The van der Waals surface area contributed by atoms with Crippen LogP contribution in [0, 0.1) is 0 Å². The molecule has 1 aliphatic heterocycles. The third-order valence-electron chi connectivity index (χ3n) is 2.78. The van der Waals surface area contributed by atoms with Crippen molar-refractivity contribution in [1.29, 1.82) is 0 Å². The highest BCUT2D eigenvalue weighted by Gasteiger charge is 2.12. The molecule has 0 aromatic carbocycles. The zero-order valence-electron chi connectivity index (χ0n) is 8.97. The summed E-state index contributed by atoms with van der Waals surface area (Å²) >= 11 is 0. The fraction of sp³-hybridized carbons (Fsp3) is 0.333. The third-order valence-corrected chi connectivity index (χ3v) is 2.78. The zero-order valence-corrected chi connectivity index (χ0v) is 8.97. The van der Waals surface area contributed by atoms with Gasteiger partial charge in [-0.2, -0.15) is 0 Å². The van der Waals surface area contributed by atoms with Crippen LogP contribution < -0.4 is 4.90 Å². The smallest absolute Gasteiger partial charge is 0.161 e. The third kappa shape index (κ3) is 1.72. The van der Waals surface area contributed by atoms with E-state index in [0.717, 1.165) is 43.2 Å². The molecule has 0 atom stereocenters. The van der Waals surface area contributed by atoms with Crippen LogP contribution in [0.15, 0.2) is 30.5 Å². The van der Waals surface area contributed by atoms with Crippen molar-refractivity contribution in [3.63, 3.8) is 0 Å². The van der Waals surface area contributed by atoms with Crippen molar-refractivity contribution in [1.82, 2.24) is 9.97 Å². The lowest BCUT2D eigenvalue weighted by Crippen LogP contribution is -2.36. The molecule has 0 N–H and O–H groups in total. The van der Waals surface area contributed by atoms with Crippen molar-refractivity contribution in [2.45, 2.75) is 0 Å². The number of fused-ring (bicyclic) bond motifs is 1. The van der Waals surface area contributed by atoms with Gasteiger partial charge in [0.25, 0.3) is 0 Å². The number of ether oxygens (including phenoxy) is 1. The number of nitrogens with zero attached hydrogens (tertiary/aromatic N) is 3. The molecular weight excluding hydrogens is 202 g/mol. The number of rotatable bonds is 1. The van der Waals surface area contributed by atoms with E-state index in [1.54, 1.807) is 6.20 Å². The predicted molar refractivity (Wildman–Crippen MR) is 62.6 cm³/mol. The summed E-state index contributed by atoms with van der Waals surface area (Å²) in [6.45, 7) is 3.38. The van der Waals surface area contributed by atoms with Crippen LogP contribution in [0.1, 0.15) is 0 Å². The van der Waals surface area contributed by atoms with Gasteiger partial charge in [0, 0.05) is 24.7 Å². The van der Waals surface area contributed by atoms with Gasteiger partial charge in [-0.25, -0.2) is 9.97 Å². The van der Waals surface area contributed by atoms with E-state index in [4.69, 9.17) is 4.74 Å². The summed E-state index contributed by atoms with van der Waals surface area (Å²) in [4.78, 5) is 11.1. The average molecular weight is 215 g/mol. The van der Waals surface area contributed by atoms with Crippen molar-refractivity contribution in [3.05, 3.63) is 30.5 Å². The summed E-state index contributed by atoms with van der Waals surface area (Å²) in [5.41, 5.74) is 0.812. The molecule has 0 bridgehead atoms. The van der Waals surface area contributed by atoms with Gasteiger partial charge in [0.2, 0.25) is 0 Å². The fourth-order valence-corrected chi connectivity index (χ4v) is 1.91. The Morgan fingerprint density at radius 2 is 2.00 bits per heavy atom. The molecule has 3 heterocycles. The highest BCUT2D eigenvalue weighted by molar-refractivity contribution is 5.76. The Morgan fingerprint density at radius 1 is 1.12 bits per heavy atom. The second-order valence-electron chi connectivity index (χ2n) is 3.82. The molecule has 0 unspecified atom stereocenters. The van der Waals surface area contributed by atoms with Gasteiger partial charge >= 0.3 is 0 Å². The first-order valence-corrected chi connectivity index (χ1v) is 5.48. The molecule has 3 rings (SSSR count). The molecule has 1 saturated heterocycles. The number of morpholine rings is 1. The zero-order chi connectivity index (χ0) is 10.8. The second kappa shape index (κ2) is 4.06. The van der Waals surface area contributed by atoms with Crippen molar-refractivity contribution in [3.8, 4) is 0 Å². The maximum atomic E-state index is 5.32. The lowest BCUT2D eigenvalue weighted by Gasteiger charge is -2.27. The summed E-state index contributed by atoms with van der Waals surface area (Å²) in [5.74, 6) is 0.995. The number of pyridine rings is 2. The average Bonchev–Trinajstić information content (AvgIpc) is 2.39. The van der Waals surface area contributed by atoms with E-state index in [1.165, 1.54) is 0 Å². The Labute approximate surface area is 93.9 Å². The topological polar surface area (TPSA) is 38.2 Å². The molecule has 0 spiro atoms. The molecule has 1 aliphatic rings. The van der Waals surface area contributed by atoms with Crippen molar-refractivity contribution in [2.24, 2.45) is 0 Å². The number of anilines is 1. The molecule has 0 saturated carbocycles. The quantitative estimate of drug-likeness (QED) is 0.722. The van der Waals surface area contributed by atoms with E-state index >= 15 is 0 Å². The van der Waals surface area contributed by atoms with E-state index in [-0.39, 0.29) is 0 Å². The van der Waals surface area contributed by atoms with E-state index in [0.29, 0.717) is 0 Å². The van der Waals surface area contributed by atoms with Gasteiger partial charge in [-0.15, -0.1) is 0 Å². The predicted octanol–water partition coefficient (Wildman–Crippen LogP) is 1.47. The maximum Gasteiger partial charge on any atom is 0.161 e. The van der Waals surface area contributed by atoms with E-state index < -0.39 is 0 Å². The molecule has 0 amide bonds. The van der Waals surface area contributed by atoms with Crippen LogP contribution in [0.5, 0.6) is 0 Å². The van der Waals surface area contributed by atoms with Gasteiger partial charge in [-0.1, -0.05) is 0 Å². The van der Waals surface area contributed by atoms with E-state index in [2.05, 4.69) is 27.0 Å². The summed E-state index contributed by atoms with van der Waals surface area (Å²) in [6.07, 6.45) is 1.78. The van der Waals surface area contributed by atoms with Crippen molar-refractivity contribution >= 4 is 16.9 Å². The van der Waals surface area contributed by atoms with Gasteiger partial charge in [-0.05, 0) is 24.3 Å². The Kier molecular flexibility index (Phi) is 2.42. The second-order valence-corrected chi connectivity index (χ2v) is 3.82. The molecule has 2 aromatic rings. The highest BCUT2D eigenvalue weighted by atomic mass is 16.5. The molecular formula is C12H13N3O. The lowest BCUT2D eigenvalue weighted by atomic mass is 10.3. The van der Waals surface area contributed by atoms with Crippen LogP contribution >= 0.6 is 0 Å². The summed E-state index contributed by atoms with van der Waals surface area (Å²) in [7, 11) is 0. The van der Waals surface area contributed by atoms with Crippen LogP contribution in [0.2, 0.25) is 0 Å². The summed E-state index contributed by atoms with van der Waals surface area (Å²) in [5, 5.41) is 1.08. The molecule has 16 heavy (non-hydrogen) atoms. The molecule has 4 nitrogen and oxygen atoms in total. The van der Waals surface area contributed by atoms with Crippen LogP contribution in [-0.2, 0) is 4.74 Å². The standard InChI is InChI=1S/C12H13N3O/c1-2-10-3-4-11(14-12(10)13-5-1)15-6-8-16-9-7-15/h1-5H,6-9H2. The summed E-state index contributed by atoms with van der Waals surface area (Å²) < 4.78 is 5.32. The minimum absolute atomic E-state index is 0.780. The van der Waals surface area contributed by atoms with Crippen LogP contribution in [0.3, 0.4) is 0 Å².